The molecule has 5 nitrogen and oxygen atoms in total. The number of hydrogen-bond donors (Lipinski definition) is 4. The highest BCUT2D eigenvalue weighted by atomic mass is 16.3. The Hall–Kier alpha value is -3.05. The summed E-state index contributed by atoms with van der Waals surface area (Å²) in [6.45, 7) is 0. The van der Waals surface area contributed by atoms with Gasteiger partial charge in [-0.1, -0.05) is 30.3 Å². The van der Waals surface area contributed by atoms with Crippen molar-refractivity contribution in [3.8, 4) is 11.5 Å². The van der Waals surface area contributed by atoms with Crippen molar-refractivity contribution in [2.24, 2.45) is 0 Å². The van der Waals surface area contributed by atoms with Gasteiger partial charge in [0.05, 0.1) is 6.10 Å². The second kappa shape index (κ2) is 7.99. The van der Waals surface area contributed by atoms with Gasteiger partial charge in [0.1, 0.15) is 17.3 Å². The lowest BCUT2D eigenvalue weighted by Gasteiger charge is -2.08. The smallest absolute Gasteiger partial charge is 0.162 e. The van der Waals surface area contributed by atoms with Crippen molar-refractivity contribution in [2.45, 2.75) is 12.5 Å². The molecular formula is C19H18O5. The summed E-state index contributed by atoms with van der Waals surface area (Å²) in [7, 11) is 0. The van der Waals surface area contributed by atoms with Gasteiger partial charge in [0.2, 0.25) is 0 Å². The number of allylic oxidation sites excluding steroid dienone is 2. The van der Waals surface area contributed by atoms with Crippen molar-refractivity contribution in [2.75, 3.05) is 0 Å². The molecule has 0 saturated heterocycles. The lowest BCUT2D eigenvalue weighted by atomic mass is 10.0. The Morgan fingerprint density at radius 1 is 0.958 bits per heavy atom. The molecule has 0 unspecified atom stereocenters. The first-order valence-corrected chi connectivity index (χ1v) is 7.31. The van der Waals surface area contributed by atoms with Gasteiger partial charge in [-0.15, -0.1) is 0 Å². The molecule has 4 N–H and O–H groups in total. The number of phenolic OH excluding ortho intramolecular Hbond substituents is 2. The topological polar surface area (TPSA) is 98.0 Å². The van der Waals surface area contributed by atoms with Crippen LogP contribution in [-0.2, 0) is 4.79 Å². The van der Waals surface area contributed by atoms with Gasteiger partial charge in [0, 0.05) is 12.5 Å². The molecule has 0 bridgehead atoms. The number of aliphatic hydroxyl groups excluding tert-OH is 2. The predicted octanol–water partition coefficient (Wildman–Crippen LogP) is 3.25. The van der Waals surface area contributed by atoms with Crippen LogP contribution in [0.25, 0.3) is 6.08 Å². The average Bonchev–Trinajstić information content (AvgIpc) is 2.54. The Kier molecular flexibility index (Phi) is 5.76. The summed E-state index contributed by atoms with van der Waals surface area (Å²) >= 11 is 0. The van der Waals surface area contributed by atoms with Crippen molar-refractivity contribution in [3.63, 3.8) is 0 Å². The van der Waals surface area contributed by atoms with Crippen LogP contribution in [0.2, 0.25) is 0 Å². The first-order chi connectivity index (χ1) is 11.4. The maximum atomic E-state index is 11.8. The molecule has 0 saturated carbocycles. The van der Waals surface area contributed by atoms with Gasteiger partial charge in [-0.25, -0.2) is 0 Å². The van der Waals surface area contributed by atoms with Crippen LogP contribution in [0, 0.1) is 0 Å². The number of rotatable bonds is 6. The molecule has 0 spiro atoms. The van der Waals surface area contributed by atoms with Gasteiger partial charge in [-0.3, -0.25) is 4.79 Å². The third-order valence-corrected chi connectivity index (χ3v) is 3.32. The van der Waals surface area contributed by atoms with Crippen LogP contribution in [0.5, 0.6) is 11.5 Å². The van der Waals surface area contributed by atoms with Gasteiger partial charge in [0.25, 0.3) is 0 Å². The largest absolute Gasteiger partial charge is 0.508 e. The minimum atomic E-state index is -1.01. The molecule has 0 aliphatic carbocycles. The van der Waals surface area contributed by atoms with E-state index in [4.69, 9.17) is 0 Å². The van der Waals surface area contributed by atoms with Gasteiger partial charge in [-0.2, -0.15) is 0 Å². The third kappa shape index (κ3) is 5.30. The van der Waals surface area contributed by atoms with Gasteiger partial charge >= 0.3 is 0 Å². The first kappa shape index (κ1) is 17.3. The number of carbonyl (C=O) groups is 1. The summed E-state index contributed by atoms with van der Waals surface area (Å²) in [5, 5.41) is 38.1. The van der Waals surface area contributed by atoms with Crippen LogP contribution in [0.15, 0.2) is 66.4 Å². The number of carbonyl (C=O) groups excluding carboxylic acids is 1. The fourth-order valence-corrected chi connectivity index (χ4v) is 2.04. The number of aliphatic hydroxyl groups is 2. The maximum absolute atomic E-state index is 11.8. The normalized spacial score (nSPS) is 13.1. The SMILES string of the molecule is O=C(C=C(O)C=Cc1ccc(O)cc1)C[C@@H](O)c1ccc(O)cc1. The van der Waals surface area contributed by atoms with Crippen molar-refractivity contribution in [1.82, 2.24) is 0 Å². The van der Waals surface area contributed by atoms with E-state index in [2.05, 4.69) is 0 Å². The standard InChI is InChI=1S/C19H18O5/c20-15-6-1-13(2-7-15)3-8-17(22)11-18(23)12-19(24)14-4-9-16(21)10-5-14/h1-11,19-22,24H,12H2/t19-/m1/s1. The van der Waals surface area contributed by atoms with E-state index in [9.17, 15) is 25.2 Å². The van der Waals surface area contributed by atoms with Gasteiger partial charge in [0.15, 0.2) is 5.78 Å². The molecule has 0 radical (unpaired) electrons. The van der Waals surface area contributed by atoms with Crippen LogP contribution in [0.4, 0.5) is 0 Å². The zero-order valence-electron chi connectivity index (χ0n) is 12.8. The van der Waals surface area contributed by atoms with E-state index < -0.39 is 11.9 Å². The van der Waals surface area contributed by atoms with Crippen molar-refractivity contribution in [3.05, 3.63) is 77.6 Å². The maximum Gasteiger partial charge on any atom is 0.162 e. The van der Waals surface area contributed by atoms with Crippen LogP contribution in [0.1, 0.15) is 23.7 Å². The average molecular weight is 326 g/mol. The Bertz CT molecular complexity index is 742. The summed E-state index contributed by atoms with van der Waals surface area (Å²) in [5.41, 5.74) is 1.26. The van der Waals surface area contributed by atoms with Gasteiger partial charge < -0.3 is 20.4 Å². The monoisotopic (exact) mass is 326 g/mol. The van der Waals surface area contributed by atoms with E-state index >= 15 is 0 Å². The molecule has 5 heteroatoms. The van der Waals surface area contributed by atoms with Crippen LogP contribution >= 0.6 is 0 Å². The van der Waals surface area contributed by atoms with E-state index in [-0.39, 0.29) is 23.7 Å². The van der Waals surface area contributed by atoms with Crippen LogP contribution in [0.3, 0.4) is 0 Å². The number of ketones is 1. The minimum Gasteiger partial charge on any atom is -0.508 e. The molecule has 0 aromatic heterocycles. The van der Waals surface area contributed by atoms with Crippen molar-refractivity contribution < 1.29 is 25.2 Å². The molecule has 2 aromatic carbocycles. The van der Waals surface area contributed by atoms with Crippen LogP contribution in [-0.4, -0.2) is 26.2 Å². The molecule has 124 valence electrons. The highest BCUT2D eigenvalue weighted by molar-refractivity contribution is 5.91. The highest BCUT2D eigenvalue weighted by Crippen LogP contribution is 2.20. The van der Waals surface area contributed by atoms with E-state index in [1.165, 1.54) is 42.5 Å². The van der Waals surface area contributed by atoms with Crippen molar-refractivity contribution in [1.29, 1.82) is 0 Å². The lowest BCUT2D eigenvalue weighted by Crippen LogP contribution is -2.04. The molecule has 0 aliphatic heterocycles. The summed E-state index contributed by atoms with van der Waals surface area (Å²) < 4.78 is 0. The Balaban J connectivity index is 1.95. The quantitative estimate of drug-likeness (QED) is 0.371. The molecule has 0 amide bonds. The Morgan fingerprint density at radius 3 is 2.08 bits per heavy atom. The van der Waals surface area contributed by atoms with E-state index in [1.54, 1.807) is 18.2 Å². The number of benzene rings is 2. The molecule has 0 aliphatic rings. The second-order valence-corrected chi connectivity index (χ2v) is 5.27. The molecule has 0 fully saturated rings. The third-order valence-electron chi connectivity index (χ3n) is 3.32. The summed E-state index contributed by atoms with van der Waals surface area (Å²) in [4.78, 5) is 11.8. The molecule has 0 heterocycles. The predicted molar refractivity (Wildman–Crippen MR) is 90.5 cm³/mol. The molecule has 2 rings (SSSR count). The fraction of sp³-hybridized carbons (Fsp3) is 0.105. The first-order valence-electron chi connectivity index (χ1n) is 7.31. The summed E-state index contributed by atoms with van der Waals surface area (Å²) in [5.74, 6) is -0.436. The minimum absolute atomic E-state index is 0.0779. The molecule has 2 aromatic rings. The molecular weight excluding hydrogens is 308 g/mol. The zero-order chi connectivity index (χ0) is 17.5. The zero-order valence-corrected chi connectivity index (χ0v) is 12.8. The van der Waals surface area contributed by atoms with Crippen molar-refractivity contribution >= 4 is 11.9 Å². The molecule has 1 atom stereocenters. The fourth-order valence-electron chi connectivity index (χ4n) is 2.04. The lowest BCUT2D eigenvalue weighted by molar-refractivity contribution is -0.116. The highest BCUT2D eigenvalue weighted by Gasteiger charge is 2.12. The van der Waals surface area contributed by atoms with E-state index in [0.717, 1.165) is 11.6 Å². The Labute approximate surface area is 139 Å². The Morgan fingerprint density at radius 2 is 1.50 bits per heavy atom. The van der Waals surface area contributed by atoms with Crippen LogP contribution < -0.4 is 0 Å². The summed E-state index contributed by atoms with van der Waals surface area (Å²) in [6, 6.07) is 12.3. The number of phenols is 2. The summed E-state index contributed by atoms with van der Waals surface area (Å²) in [6.07, 6.45) is 2.80. The van der Waals surface area contributed by atoms with E-state index in [1.807, 2.05) is 0 Å². The second-order valence-electron chi connectivity index (χ2n) is 5.27. The van der Waals surface area contributed by atoms with Gasteiger partial charge in [-0.05, 0) is 41.5 Å². The van der Waals surface area contributed by atoms with E-state index in [0.29, 0.717) is 5.56 Å². The number of hydrogen-bond acceptors (Lipinski definition) is 5. The number of aromatic hydroxyl groups is 2. The molecule has 24 heavy (non-hydrogen) atoms.